The maximum atomic E-state index is 13.5. The van der Waals surface area contributed by atoms with Gasteiger partial charge in [-0.05, 0) is 80.4 Å². The van der Waals surface area contributed by atoms with Crippen LogP contribution in [0.4, 0.5) is 5.69 Å². The number of aromatic nitrogens is 1. The molecule has 0 aliphatic heterocycles. The Hall–Kier alpha value is -4.44. The highest BCUT2D eigenvalue weighted by molar-refractivity contribution is 6.13. The van der Waals surface area contributed by atoms with Crippen molar-refractivity contribution in [3.63, 3.8) is 0 Å². The fourth-order valence-electron chi connectivity index (χ4n) is 4.25. The van der Waals surface area contributed by atoms with E-state index in [2.05, 4.69) is 11.4 Å². The average Bonchev–Trinajstić information content (AvgIpc) is 2.85. The van der Waals surface area contributed by atoms with Crippen LogP contribution in [0.15, 0.2) is 97.1 Å². The highest BCUT2D eigenvalue weighted by Gasteiger charge is 2.16. The fraction of sp³-hybridized carbons (Fsp3) is 0.0968. The largest absolute Gasteiger partial charge is 0.457 e. The van der Waals surface area contributed by atoms with Crippen molar-refractivity contribution in [3.8, 4) is 22.8 Å². The molecule has 0 spiro atoms. The molecule has 1 amide bonds. The zero-order chi connectivity index (χ0) is 24.4. The zero-order valence-corrected chi connectivity index (χ0v) is 20.0. The quantitative estimate of drug-likeness (QED) is 0.291. The van der Waals surface area contributed by atoms with E-state index in [0.29, 0.717) is 17.0 Å². The molecule has 1 heterocycles. The van der Waals surface area contributed by atoms with Crippen LogP contribution in [0.3, 0.4) is 0 Å². The standard InChI is InChI=1S/C31H26N2O2/c1-20-8-7-11-26(17-20)35-25-14-12-24(13-15-25)32-31(34)28-19-29(23-9-5-4-6-10-23)33-30-22(3)16-21(2)18-27(28)30/h4-19H,1-3H3,(H,32,34). The van der Waals surface area contributed by atoms with Crippen molar-refractivity contribution >= 4 is 22.5 Å². The van der Waals surface area contributed by atoms with E-state index in [-0.39, 0.29) is 5.91 Å². The molecule has 172 valence electrons. The minimum Gasteiger partial charge on any atom is -0.457 e. The molecule has 0 radical (unpaired) electrons. The maximum absolute atomic E-state index is 13.5. The molecule has 4 nitrogen and oxygen atoms in total. The summed E-state index contributed by atoms with van der Waals surface area (Å²) in [5.41, 5.74) is 7.15. The Kier molecular flexibility index (Phi) is 6.02. The molecule has 1 aromatic heterocycles. The van der Waals surface area contributed by atoms with E-state index in [1.54, 1.807) is 0 Å². The lowest BCUT2D eigenvalue weighted by Crippen LogP contribution is -2.13. The number of hydrogen-bond donors (Lipinski definition) is 1. The molecule has 0 bridgehead atoms. The van der Waals surface area contributed by atoms with E-state index in [4.69, 9.17) is 9.72 Å². The minimum atomic E-state index is -0.174. The fourth-order valence-corrected chi connectivity index (χ4v) is 4.25. The SMILES string of the molecule is Cc1cccc(Oc2ccc(NC(=O)c3cc(-c4ccccc4)nc4c(C)cc(C)cc34)cc2)c1. The Morgan fingerprint density at radius 3 is 2.26 bits per heavy atom. The minimum absolute atomic E-state index is 0.174. The van der Waals surface area contributed by atoms with Gasteiger partial charge < -0.3 is 10.1 Å². The highest BCUT2D eigenvalue weighted by atomic mass is 16.5. The number of aryl methyl sites for hydroxylation is 3. The van der Waals surface area contributed by atoms with Gasteiger partial charge in [0, 0.05) is 16.6 Å². The number of benzene rings is 4. The van der Waals surface area contributed by atoms with E-state index >= 15 is 0 Å². The summed E-state index contributed by atoms with van der Waals surface area (Å²) in [6.07, 6.45) is 0. The van der Waals surface area contributed by atoms with Gasteiger partial charge in [0.2, 0.25) is 0 Å². The van der Waals surface area contributed by atoms with Crippen LogP contribution in [-0.4, -0.2) is 10.9 Å². The number of amides is 1. The van der Waals surface area contributed by atoms with Crippen molar-refractivity contribution in [2.45, 2.75) is 20.8 Å². The molecule has 5 aromatic rings. The molecule has 0 fully saturated rings. The van der Waals surface area contributed by atoms with Gasteiger partial charge in [0.1, 0.15) is 11.5 Å². The topological polar surface area (TPSA) is 51.2 Å². The number of carbonyl (C=O) groups excluding carboxylic acids is 1. The first-order chi connectivity index (χ1) is 17.0. The molecule has 0 aliphatic rings. The molecule has 0 atom stereocenters. The van der Waals surface area contributed by atoms with Crippen LogP contribution in [0, 0.1) is 20.8 Å². The molecule has 4 heteroatoms. The Balaban J connectivity index is 1.46. The van der Waals surface area contributed by atoms with Crippen LogP contribution in [0.5, 0.6) is 11.5 Å². The van der Waals surface area contributed by atoms with E-state index < -0.39 is 0 Å². The second-order valence-corrected chi connectivity index (χ2v) is 8.80. The summed E-state index contributed by atoms with van der Waals surface area (Å²) in [6.45, 7) is 6.10. The molecule has 1 N–H and O–H groups in total. The first kappa shape index (κ1) is 22.4. The monoisotopic (exact) mass is 458 g/mol. The van der Waals surface area contributed by atoms with Crippen LogP contribution >= 0.6 is 0 Å². The molecule has 0 saturated heterocycles. The second kappa shape index (κ2) is 9.43. The lowest BCUT2D eigenvalue weighted by Gasteiger charge is -2.13. The van der Waals surface area contributed by atoms with Crippen molar-refractivity contribution < 1.29 is 9.53 Å². The van der Waals surface area contributed by atoms with Crippen molar-refractivity contribution in [1.82, 2.24) is 4.98 Å². The Morgan fingerprint density at radius 2 is 1.51 bits per heavy atom. The molecular formula is C31H26N2O2. The van der Waals surface area contributed by atoms with E-state index in [9.17, 15) is 4.79 Å². The Labute approximate surface area is 205 Å². The summed E-state index contributed by atoms with van der Waals surface area (Å²) in [6, 6.07) is 31.2. The number of fused-ring (bicyclic) bond motifs is 1. The number of nitrogens with zero attached hydrogens (tertiary/aromatic N) is 1. The summed E-state index contributed by atoms with van der Waals surface area (Å²) in [5, 5.41) is 3.89. The normalized spacial score (nSPS) is 10.8. The van der Waals surface area contributed by atoms with Crippen LogP contribution in [-0.2, 0) is 0 Å². The number of pyridine rings is 1. The van der Waals surface area contributed by atoms with Gasteiger partial charge in [-0.1, -0.05) is 54.1 Å². The molecule has 0 aliphatic carbocycles. The van der Waals surface area contributed by atoms with Gasteiger partial charge in [-0.3, -0.25) is 4.79 Å². The summed E-state index contributed by atoms with van der Waals surface area (Å²) in [4.78, 5) is 18.4. The van der Waals surface area contributed by atoms with Gasteiger partial charge in [-0.25, -0.2) is 4.98 Å². The number of hydrogen-bond acceptors (Lipinski definition) is 3. The number of carbonyl (C=O) groups is 1. The van der Waals surface area contributed by atoms with Gasteiger partial charge in [0.05, 0.1) is 16.8 Å². The van der Waals surface area contributed by atoms with E-state index in [0.717, 1.165) is 44.6 Å². The maximum Gasteiger partial charge on any atom is 0.256 e. The van der Waals surface area contributed by atoms with Gasteiger partial charge >= 0.3 is 0 Å². The molecular weight excluding hydrogens is 432 g/mol. The smallest absolute Gasteiger partial charge is 0.256 e. The van der Waals surface area contributed by atoms with E-state index in [1.165, 1.54) is 0 Å². The van der Waals surface area contributed by atoms with Crippen LogP contribution < -0.4 is 10.1 Å². The van der Waals surface area contributed by atoms with Crippen molar-refractivity contribution in [3.05, 3.63) is 119 Å². The van der Waals surface area contributed by atoms with Gasteiger partial charge in [-0.15, -0.1) is 0 Å². The van der Waals surface area contributed by atoms with Gasteiger partial charge in [-0.2, -0.15) is 0 Å². The predicted molar refractivity (Wildman–Crippen MR) is 142 cm³/mol. The second-order valence-electron chi connectivity index (χ2n) is 8.80. The summed E-state index contributed by atoms with van der Waals surface area (Å²) >= 11 is 0. The number of ether oxygens (including phenoxy) is 1. The van der Waals surface area contributed by atoms with E-state index in [1.807, 2.05) is 112 Å². The first-order valence-corrected chi connectivity index (χ1v) is 11.6. The number of nitrogens with one attached hydrogen (secondary N) is 1. The third kappa shape index (κ3) is 4.92. The highest BCUT2D eigenvalue weighted by Crippen LogP contribution is 2.29. The third-order valence-electron chi connectivity index (χ3n) is 5.90. The van der Waals surface area contributed by atoms with Crippen LogP contribution in [0.25, 0.3) is 22.2 Å². The summed E-state index contributed by atoms with van der Waals surface area (Å²) in [5.74, 6) is 1.32. The van der Waals surface area contributed by atoms with Crippen molar-refractivity contribution in [1.29, 1.82) is 0 Å². The first-order valence-electron chi connectivity index (χ1n) is 11.6. The van der Waals surface area contributed by atoms with Crippen molar-refractivity contribution in [2.24, 2.45) is 0 Å². The molecule has 5 rings (SSSR count). The van der Waals surface area contributed by atoms with Gasteiger partial charge in [0.25, 0.3) is 5.91 Å². The predicted octanol–water partition coefficient (Wildman–Crippen LogP) is 7.87. The summed E-state index contributed by atoms with van der Waals surface area (Å²) < 4.78 is 5.93. The lowest BCUT2D eigenvalue weighted by molar-refractivity contribution is 0.102. The van der Waals surface area contributed by atoms with Crippen LogP contribution in [0.2, 0.25) is 0 Å². The molecule has 0 saturated carbocycles. The number of anilines is 1. The summed E-state index contributed by atoms with van der Waals surface area (Å²) in [7, 11) is 0. The van der Waals surface area contributed by atoms with Crippen molar-refractivity contribution in [2.75, 3.05) is 5.32 Å². The Morgan fingerprint density at radius 1 is 0.743 bits per heavy atom. The van der Waals surface area contributed by atoms with Crippen LogP contribution in [0.1, 0.15) is 27.0 Å². The van der Waals surface area contributed by atoms with Gasteiger partial charge in [0.15, 0.2) is 0 Å². The molecule has 0 unspecified atom stereocenters. The Bertz CT molecular complexity index is 1520. The molecule has 35 heavy (non-hydrogen) atoms. The lowest BCUT2D eigenvalue weighted by atomic mass is 9.99. The average molecular weight is 459 g/mol. The third-order valence-corrected chi connectivity index (χ3v) is 5.90. The molecule has 4 aromatic carbocycles. The number of rotatable bonds is 5. The zero-order valence-electron chi connectivity index (χ0n) is 20.0.